The van der Waals surface area contributed by atoms with Crippen LogP contribution < -0.4 is 10.2 Å². The summed E-state index contributed by atoms with van der Waals surface area (Å²) < 4.78 is 0. The van der Waals surface area contributed by atoms with Crippen molar-refractivity contribution in [3.8, 4) is 6.07 Å². The number of unbranched alkanes of at least 4 members (excludes halogenated alkanes) is 2. The van der Waals surface area contributed by atoms with E-state index in [0.29, 0.717) is 36.6 Å². The van der Waals surface area contributed by atoms with Crippen molar-refractivity contribution < 1.29 is 24.0 Å². The van der Waals surface area contributed by atoms with Crippen LogP contribution in [-0.2, 0) is 32.8 Å². The Hall–Kier alpha value is -5.45. The molecule has 1 unspecified atom stereocenters. The van der Waals surface area contributed by atoms with Crippen LogP contribution in [0.15, 0.2) is 53.4 Å². The Morgan fingerprint density at radius 3 is 2.44 bits per heavy atom. The first-order valence-electron chi connectivity index (χ1n) is 22.4. The maximum Gasteiger partial charge on any atom is 0.255 e. The predicted molar refractivity (Wildman–Crippen MR) is 239 cm³/mol. The van der Waals surface area contributed by atoms with Gasteiger partial charge in [-0.2, -0.15) is 5.26 Å². The molecule has 1 aromatic heterocycles. The highest BCUT2D eigenvalue weighted by Gasteiger charge is 2.42. The molecule has 9 rings (SSSR count). The minimum atomic E-state index is -0.606. The fraction of sp³-hybridized carbons (Fsp3) is 0.469. The van der Waals surface area contributed by atoms with Crippen LogP contribution in [0.2, 0.25) is 0 Å². The number of carbonyl (C=O) groups is 5. The molecule has 12 nitrogen and oxygen atoms in total. The molecule has 4 aliphatic heterocycles. The van der Waals surface area contributed by atoms with Crippen LogP contribution in [0.4, 0.5) is 5.69 Å². The summed E-state index contributed by atoms with van der Waals surface area (Å²) >= 11 is 1.75. The number of benzene rings is 3. The minimum absolute atomic E-state index is 0.0504. The Morgan fingerprint density at radius 1 is 0.903 bits per heavy atom. The van der Waals surface area contributed by atoms with Gasteiger partial charge in [0.05, 0.1) is 17.2 Å². The number of thioether (sulfide) groups is 1. The molecule has 4 amide bonds. The SMILES string of the molecule is CCc1cc2c(cc1N1CCC(N3CCN(C(=O)CCCCCSc4ccc5c(c4)CN(C4CCC(=O)NC4=O)C5=O)CC3)CC1)C(C)(C)c1[nH]c3cc(C#N)ccc3c1C2=O. The number of anilines is 1. The minimum Gasteiger partial charge on any atom is -0.371 e. The third-order valence-electron chi connectivity index (χ3n) is 14.1. The van der Waals surface area contributed by atoms with Gasteiger partial charge in [-0.1, -0.05) is 33.3 Å². The second-order valence-corrected chi connectivity index (χ2v) is 19.3. The summed E-state index contributed by atoms with van der Waals surface area (Å²) in [7, 11) is 0. The zero-order chi connectivity index (χ0) is 43.3. The van der Waals surface area contributed by atoms with Crippen molar-refractivity contribution in [2.45, 2.75) is 107 Å². The second-order valence-electron chi connectivity index (χ2n) is 18.1. The normalized spacial score (nSPS) is 20.3. The van der Waals surface area contributed by atoms with E-state index in [4.69, 9.17) is 0 Å². The van der Waals surface area contributed by atoms with Gasteiger partial charge in [0.15, 0.2) is 5.78 Å². The van der Waals surface area contributed by atoms with Crippen molar-refractivity contribution >= 4 is 57.8 Å². The van der Waals surface area contributed by atoms with E-state index in [1.807, 2.05) is 30.3 Å². The summed E-state index contributed by atoms with van der Waals surface area (Å²) in [5.41, 5.74) is 8.43. The molecule has 3 fully saturated rings. The van der Waals surface area contributed by atoms with Gasteiger partial charge < -0.3 is 19.7 Å². The van der Waals surface area contributed by atoms with Gasteiger partial charge in [-0.3, -0.25) is 34.2 Å². The first-order valence-corrected chi connectivity index (χ1v) is 23.4. The van der Waals surface area contributed by atoms with E-state index < -0.39 is 17.4 Å². The highest BCUT2D eigenvalue weighted by molar-refractivity contribution is 7.99. The smallest absolute Gasteiger partial charge is 0.255 e. The van der Waals surface area contributed by atoms with Gasteiger partial charge >= 0.3 is 0 Å². The number of piperazine rings is 1. The molecule has 5 aliphatic rings. The molecule has 3 saturated heterocycles. The molecule has 0 spiro atoms. The molecule has 4 aromatic rings. The molecule has 1 aliphatic carbocycles. The van der Waals surface area contributed by atoms with Crippen molar-refractivity contribution in [3.05, 3.63) is 93.2 Å². The number of fused-ring (bicyclic) bond motifs is 5. The highest BCUT2D eigenvalue weighted by atomic mass is 32.2. The standard InChI is InChI=1S/C49H55N7O5S/c1-4-31-26-37-38(49(2,3)46-44(45(37)59)36-11-9-30(28-50)24-39(36)51-46)27-41(31)54-17-15-33(16-18-54)53-19-21-55(22-20-53)43(58)8-6-5-7-23-62-34-10-12-35-32(25-34)29-56(48(35)61)40-13-14-42(57)52-47(40)60/h9-12,24-27,33,40,51H,4-8,13-23,29H2,1-3H3,(H,52,57,60). The number of piperidine rings is 2. The largest absolute Gasteiger partial charge is 0.371 e. The number of ketones is 1. The van der Waals surface area contributed by atoms with E-state index in [0.717, 1.165) is 127 Å². The summed E-state index contributed by atoms with van der Waals surface area (Å²) in [4.78, 5) is 77.7. The molecular formula is C49H55N7O5S. The number of imide groups is 1. The Bertz CT molecular complexity index is 2520. The monoisotopic (exact) mass is 853 g/mol. The summed E-state index contributed by atoms with van der Waals surface area (Å²) in [5, 5.41) is 12.7. The fourth-order valence-electron chi connectivity index (χ4n) is 10.5. The van der Waals surface area contributed by atoms with Gasteiger partial charge in [0.25, 0.3) is 5.91 Å². The van der Waals surface area contributed by atoms with Crippen LogP contribution in [0.1, 0.15) is 126 Å². The molecule has 0 radical (unpaired) electrons. The number of aryl methyl sites for hydroxylation is 1. The molecule has 0 saturated carbocycles. The summed E-state index contributed by atoms with van der Waals surface area (Å²) in [6, 6.07) is 17.9. The summed E-state index contributed by atoms with van der Waals surface area (Å²) in [6.45, 7) is 12.2. The molecule has 322 valence electrons. The van der Waals surface area contributed by atoms with E-state index in [9.17, 15) is 29.2 Å². The van der Waals surface area contributed by atoms with E-state index in [1.165, 1.54) is 11.3 Å². The van der Waals surface area contributed by atoms with E-state index in [1.54, 1.807) is 22.7 Å². The molecule has 1 atom stereocenters. The fourth-order valence-corrected chi connectivity index (χ4v) is 11.5. The van der Waals surface area contributed by atoms with E-state index in [-0.39, 0.29) is 29.9 Å². The van der Waals surface area contributed by atoms with Gasteiger partial charge in [0.2, 0.25) is 17.7 Å². The Kier molecular flexibility index (Phi) is 11.5. The lowest BCUT2D eigenvalue weighted by Gasteiger charge is -2.44. The second kappa shape index (κ2) is 17.0. The number of aromatic amines is 1. The lowest BCUT2D eigenvalue weighted by molar-refractivity contribution is -0.137. The van der Waals surface area contributed by atoms with Gasteiger partial charge in [-0.25, -0.2) is 0 Å². The van der Waals surface area contributed by atoms with Gasteiger partial charge in [0.1, 0.15) is 6.04 Å². The van der Waals surface area contributed by atoms with Crippen molar-refractivity contribution in [2.24, 2.45) is 0 Å². The van der Waals surface area contributed by atoms with Crippen LogP contribution in [-0.4, -0.2) is 106 Å². The van der Waals surface area contributed by atoms with Gasteiger partial charge in [-0.15, -0.1) is 11.8 Å². The first kappa shape index (κ1) is 41.9. The van der Waals surface area contributed by atoms with E-state index >= 15 is 0 Å². The van der Waals surface area contributed by atoms with Crippen LogP contribution in [0.5, 0.6) is 0 Å². The number of carbonyl (C=O) groups excluding carboxylic acids is 5. The number of hydrogen-bond acceptors (Lipinski definition) is 9. The molecule has 2 N–H and O–H groups in total. The quantitative estimate of drug-likeness (QED) is 0.0956. The molecule has 13 heteroatoms. The number of H-pyrrole nitrogens is 1. The number of nitriles is 1. The van der Waals surface area contributed by atoms with E-state index in [2.05, 4.69) is 64.0 Å². The Balaban J connectivity index is 0.717. The molecule has 0 bridgehead atoms. The molecule has 62 heavy (non-hydrogen) atoms. The van der Waals surface area contributed by atoms with Crippen LogP contribution >= 0.6 is 11.8 Å². The molecular weight excluding hydrogens is 799 g/mol. The highest BCUT2D eigenvalue weighted by Crippen LogP contribution is 2.46. The maximum absolute atomic E-state index is 14.1. The lowest BCUT2D eigenvalue weighted by Crippen LogP contribution is -2.54. The summed E-state index contributed by atoms with van der Waals surface area (Å²) in [5.74, 6) is 0.398. The topological polar surface area (TPSA) is 150 Å². The third kappa shape index (κ3) is 7.70. The first-order chi connectivity index (χ1) is 29.9. The molecule has 5 heterocycles. The van der Waals surface area contributed by atoms with Crippen molar-refractivity contribution in [2.75, 3.05) is 49.9 Å². The number of nitrogens with zero attached hydrogens (tertiary/aromatic N) is 5. The summed E-state index contributed by atoms with van der Waals surface area (Å²) in [6.07, 6.45) is 7.00. The number of amides is 4. The number of rotatable bonds is 11. The van der Waals surface area contributed by atoms with Crippen molar-refractivity contribution in [1.29, 1.82) is 5.26 Å². The van der Waals surface area contributed by atoms with Gasteiger partial charge in [-0.05, 0) is 103 Å². The Morgan fingerprint density at radius 2 is 1.69 bits per heavy atom. The predicted octanol–water partition coefficient (Wildman–Crippen LogP) is 6.70. The van der Waals surface area contributed by atoms with Crippen LogP contribution in [0.3, 0.4) is 0 Å². The Labute approximate surface area is 367 Å². The zero-order valence-electron chi connectivity index (χ0n) is 36.0. The number of nitrogens with one attached hydrogen (secondary N) is 2. The van der Waals surface area contributed by atoms with Crippen LogP contribution in [0, 0.1) is 11.3 Å². The molecule has 3 aromatic carbocycles. The third-order valence-corrected chi connectivity index (χ3v) is 15.2. The number of hydrogen-bond donors (Lipinski definition) is 2. The van der Waals surface area contributed by atoms with Gasteiger partial charge in [0, 0.05) is 108 Å². The number of aromatic nitrogens is 1. The average molecular weight is 854 g/mol. The average Bonchev–Trinajstić information content (AvgIpc) is 3.84. The zero-order valence-corrected chi connectivity index (χ0v) is 36.8. The van der Waals surface area contributed by atoms with Crippen molar-refractivity contribution in [3.63, 3.8) is 0 Å². The maximum atomic E-state index is 14.1. The van der Waals surface area contributed by atoms with Crippen LogP contribution in [0.25, 0.3) is 10.9 Å². The van der Waals surface area contributed by atoms with Crippen molar-refractivity contribution in [1.82, 2.24) is 25.0 Å². The lowest BCUT2D eigenvalue weighted by atomic mass is 9.70.